The van der Waals surface area contributed by atoms with E-state index in [0.29, 0.717) is 18.7 Å². The van der Waals surface area contributed by atoms with Crippen molar-refractivity contribution in [2.75, 3.05) is 11.9 Å². The van der Waals surface area contributed by atoms with Crippen molar-refractivity contribution < 1.29 is 27.8 Å². The molecule has 1 fully saturated rings. The number of nitrogens with one attached hydrogen (secondary N) is 1. The fraction of sp³-hybridized carbons (Fsp3) is 0.462. The minimum Gasteiger partial charge on any atom is -0.395 e. The predicted octanol–water partition coefficient (Wildman–Crippen LogP) is 1.45. The number of carbonyl (C=O) groups is 1. The number of nitrogens with two attached hydrogens (primary N) is 1. The lowest BCUT2D eigenvalue weighted by atomic mass is 10.2. The lowest BCUT2D eigenvalue weighted by molar-refractivity contribution is -0.286. The van der Waals surface area contributed by atoms with Crippen LogP contribution >= 0.6 is 0 Å². The average molecular weight is 300 g/mol. The van der Waals surface area contributed by atoms with Gasteiger partial charge in [0.2, 0.25) is 0 Å². The van der Waals surface area contributed by atoms with Crippen molar-refractivity contribution in [2.24, 2.45) is 5.73 Å². The molecule has 0 aromatic heterocycles. The molecule has 2 atom stereocenters. The molecule has 2 heterocycles. The number of carbonyl (C=O) groups excluding carboxylic acids is 1. The average Bonchev–Trinajstić information content (AvgIpc) is 3.00. The van der Waals surface area contributed by atoms with Crippen LogP contribution in [0.5, 0.6) is 11.5 Å². The topological polar surface area (TPSA) is 82.8 Å². The number of halogens is 2. The van der Waals surface area contributed by atoms with Gasteiger partial charge in [-0.05, 0) is 25.0 Å². The minimum atomic E-state index is -3.67. The van der Waals surface area contributed by atoms with E-state index in [-0.39, 0.29) is 23.5 Å². The van der Waals surface area contributed by atoms with Crippen molar-refractivity contribution in [1.29, 1.82) is 0 Å². The third-order valence-corrected chi connectivity index (χ3v) is 3.33. The first-order chi connectivity index (χ1) is 9.97. The van der Waals surface area contributed by atoms with Crippen molar-refractivity contribution in [3.05, 3.63) is 18.2 Å². The van der Waals surface area contributed by atoms with Crippen LogP contribution < -0.4 is 20.5 Å². The zero-order chi connectivity index (χ0) is 15.0. The summed E-state index contributed by atoms with van der Waals surface area (Å²) in [5.41, 5.74) is 5.81. The second-order valence-corrected chi connectivity index (χ2v) is 4.88. The number of hydrogen-bond donors (Lipinski definition) is 2. The Morgan fingerprint density at radius 3 is 2.81 bits per heavy atom. The lowest BCUT2D eigenvalue weighted by Crippen LogP contribution is -2.29. The highest BCUT2D eigenvalue weighted by atomic mass is 19.3. The summed E-state index contributed by atoms with van der Waals surface area (Å²) < 4.78 is 39.8. The Labute approximate surface area is 119 Å². The Morgan fingerprint density at radius 2 is 2.10 bits per heavy atom. The number of amides is 1. The Bertz CT molecular complexity index is 567. The van der Waals surface area contributed by atoms with E-state index in [1.54, 1.807) is 0 Å². The van der Waals surface area contributed by atoms with Gasteiger partial charge in [0, 0.05) is 18.3 Å². The summed E-state index contributed by atoms with van der Waals surface area (Å²) in [5, 5.41) is 2.60. The number of rotatable bonds is 3. The van der Waals surface area contributed by atoms with Crippen LogP contribution in [0.2, 0.25) is 0 Å². The largest absolute Gasteiger partial charge is 0.586 e. The van der Waals surface area contributed by atoms with Crippen molar-refractivity contribution in [3.63, 3.8) is 0 Å². The zero-order valence-corrected chi connectivity index (χ0v) is 11.0. The van der Waals surface area contributed by atoms with Crippen molar-refractivity contribution in [2.45, 2.75) is 31.3 Å². The van der Waals surface area contributed by atoms with Gasteiger partial charge >= 0.3 is 6.29 Å². The number of benzene rings is 1. The van der Waals surface area contributed by atoms with Gasteiger partial charge in [0.05, 0.1) is 6.10 Å². The van der Waals surface area contributed by atoms with Crippen molar-refractivity contribution in [1.82, 2.24) is 0 Å². The summed E-state index contributed by atoms with van der Waals surface area (Å²) in [7, 11) is 0. The molecule has 0 spiro atoms. The molecule has 0 unspecified atom stereocenters. The van der Waals surface area contributed by atoms with Gasteiger partial charge in [-0.2, -0.15) is 0 Å². The second kappa shape index (κ2) is 5.12. The molecule has 1 saturated heterocycles. The first-order valence-electron chi connectivity index (χ1n) is 6.53. The van der Waals surface area contributed by atoms with E-state index in [9.17, 15) is 13.6 Å². The molecule has 8 heteroatoms. The van der Waals surface area contributed by atoms with Gasteiger partial charge in [0.25, 0.3) is 5.91 Å². The summed E-state index contributed by atoms with van der Waals surface area (Å²) in [4.78, 5) is 12.0. The van der Waals surface area contributed by atoms with Gasteiger partial charge < -0.3 is 25.3 Å². The van der Waals surface area contributed by atoms with Crippen LogP contribution in [0.1, 0.15) is 12.8 Å². The van der Waals surface area contributed by atoms with Crippen LogP contribution in [0.3, 0.4) is 0 Å². The van der Waals surface area contributed by atoms with Crippen LogP contribution in [0.25, 0.3) is 0 Å². The molecule has 3 N–H and O–H groups in total. The highest BCUT2D eigenvalue weighted by Crippen LogP contribution is 2.42. The van der Waals surface area contributed by atoms with Gasteiger partial charge in [-0.3, -0.25) is 4.79 Å². The molecule has 1 amide bonds. The third kappa shape index (κ3) is 2.91. The molecule has 1 aromatic carbocycles. The van der Waals surface area contributed by atoms with Crippen LogP contribution in [0.15, 0.2) is 18.2 Å². The molecule has 21 heavy (non-hydrogen) atoms. The number of alkyl halides is 2. The monoisotopic (exact) mass is 300 g/mol. The van der Waals surface area contributed by atoms with Gasteiger partial charge in [-0.15, -0.1) is 8.78 Å². The Morgan fingerprint density at radius 1 is 1.33 bits per heavy atom. The maximum atomic E-state index is 12.9. The summed E-state index contributed by atoms with van der Waals surface area (Å²) in [6.45, 7) is 0.364. The van der Waals surface area contributed by atoms with Gasteiger partial charge in [-0.25, -0.2) is 0 Å². The molecular weight excluding hydrogens is 286 g/mol. The van der Waals surface area contributed by atoms with E-state index in [1.165, 1.54) is 18.2 Å². The Balaban J connectivity index is 1.65. The van der Waals surface area contributed by atoms with Crippen LogP contribution in [-0.2, 0) is 9.53 Å². The third-order valence-electron chi connectivity index (χ3n) is 3.33. The first-order valence-corrected chi connectivity index (χ1v) is 6.53. The van der Waals surface area contributed by atoms with E-state index < -0.39 is 12.4 Å². The van der Waals surface area contributed by atoms with E-state index in [0.717, 1.165) is 6.42 Å². The molecular formula is C13H14F2N2O4. The first kappa shape index (κ1) is 14.0. The molecule has 6 nitrogen and oxygen atoms in total. The summed E-state index contributed by atoms with van der Waals surface area (Å²) in [6, 6.07) is 4.05. The van der Waals surface area contributed by atoms with Crippen molar-refractivity contribution in [3.8, 4) is 11.5 Å². The number of hydrogen-bond acceptors (Lipinski definition) is 5. The van der Waals surface area contributed by atoms with Crippen molar-refractivity contribution >= 4 is 11.6 Å². The summed E-state index contributed by atoms with van der Waals surface area (Å²) in [6.07, 6.45) is -3.06. The molecule has 1 aromatic rings. The normalized spacial score (nSPS) is 25.9. The summed E-state index contributed by atoms with van der Waals surface area (Å²) >= 11 is 0. The summed E-state index contributed by atoms with van der Waals surface area (Å²) in [5.74, 6) is -0.528. The van der Waals surface area contributed by atoms with E-state index in [2.05, 4.69) is 14.8 Å². The Kier molecular flexibility index (Phi) is 3.42. The molecule has 0 radical (unpaired) electrons. The van der Waals surface area contributed by atoms with Crippen LogP contribution in [0, 0.1) is 0 Å². The van der Waals surface area contributed by atoms with Gasteiger partial charge in [0.1, 0.15) is 6.10 Å². The molecule has 114 valence electrons. The fourth-order valence-corrected chi connectivity index (χ4v) is 2.32. The van der Waals surface area contributed by atoms with E-state index in [1.807, 2.05) is 0 Å². The second-order valence-electron chi connectivity index (χ2n) is 4.88. The van der Waals surface area contributed by atoms with Crippen LogP contribution in [0.4, 0.5) is 14.5 Å². The minimum absolute atomic E-state index is 0.0710. The van der Waals surface area contributed by atoms with E-state index in [4.69, 9.17) is 10.5 Å². The molecule has 2 aliphatic rings. The molecule has 0 saturated carbocycles. The quantitative estimate of drug-likeness (QED) is 0.883. The predicted molar refractivity (Wildman–Crippen MR) is 68.2 cm³/mol. The lowest BCUT2D eigenvalue weighted by Gasteiger charge is -2.12. The van der Waals surface area contributed by atoms with Gasteiger partial charge in [-0.1, -0.05) is 0 Å². The fourth-order valence-electron chi connectivity index (χ4n) is 2.32. The molecule has 0 aliphatic carbocycles. The van der Waals surface area contributed by atoms with Crippen LogP contribution in [-0.4, -0.2) is 31.0 Å². The standard InChI is InChI=1S/C13H14F2N2O4/c14-13(15)20-9-3-1-7(5-11(9)21-13)17-12(18)10-4-2-8(6-16)19-10/h1,3,5,8,10H,2,4,6,16H2,(H,17,18)/t8-,10+/m1/s1. The smallest absolute Gasteiger partial charge is 0.395 e. The number of fused-ring (bicyclic) bond motifs is 1. The molecule has 0 bridgehead atoms. The molecule has 2 aliphatic heterocycles. The Hall–Kier alpha value is -1.93. The maximum absolute atomic E-state index is 12.9. The maximum Gasteiger partial charge on any atom is 0.586 e. The zero-order valence-electron chi connectivity index (χ0n) is 11.0. The van der Waals surface area contributed by atoms with E-state index >= 15 is 0 Å². The SMILES string of the molecule is NC[C@H]1CC[C@@H](C(=O)Nc2ccc3c(c2)OC(F)(F)O3)O1. The highest BCUT2D eigenvalue weighted by Gasteiger charge is 2.43. The van der Waals surface area contributed by atoms with Gasteiger partial charge in [0.15, 0.2) is 11.5 Å². The number of ether oxygens (including phenoxy) is 3. The number of anilines is 1. The highest BCUT2D eigenvalue weighted by molar-refractivity contribution is 5.94. The molecule has 3 rings (SSSR count).